The van der Waals surface area contributed by atoms with Crippen LogP contribution in [0, 0.1) is 5.92 Å². The van der Waals surface area contributed by atoms with Crippen LogP contribution in [-0.2, 0) is 16.0 Å². The third-order valence-electron chi connectivity index (χ3n) is 4.37. The number of nitrogens with one attached hydrogen (secondary N) is 1. The predicted octanol–water partition coefficient (Wildman–Crippen LogP) is 1.35. The first-order valence-corrected chi connectivity index (χ1v) is 7.24. The number of carbonyl (C=O) groups excluding carboxylic acids is 2. The van der Waals surface area contributed by atoms with Crippen LogP contribution in [0.2, 0.25) is 0 Å². The van der Waals surface area contributed by atoms with Gasteiger partial charge in [-0.15, -0.1) is 0 Å². The number of hydrogen-bond donors (Lipinski definition) is 1. The zero-order valence-electron chi connectivity index (χ0n) is 11.9. The molecule has 2 amide bonds. The van der Waals surface area contributed by atoms with E-state index in [0.29, 0.717) is 12.3 Å². The maximum Gasteiger partial charge on any atom is 0.246 e. The van der Waals surface area contributed by atoms with Crippen LogP contribution < -0.4 is 5.32 Å². The Labute approximate surface area is 119 Å². The summed E-state index contributed by atoms with van der Waals surface area (Å²) in [5, 5.41) is 2.86. The SMILES string of the molecule is CC1CC1N1C(=O)C(Cc2ccccc2)NC(=O)C1C. The summed E-state index contributed by atoms with van der Waals surface area (Å²) in [4.78, 5) is 26.5. The lowest BCUT2D eigenvalue weighted by molar-refractivity contribution is -0.149. The molecule has 2 aliphatic rings. The fourth-order valence-electron chi connectivity index (χ4n) is 2.98. The first kappa shape index (κ1) is 13.2. The molecule has 1 saturated heterocycles. The van der Waals surface area contributed by atoms with E-state index in [0.717, 1.165) is 12.0 Å². The van der Waals surface area contributed by atoms with Gasteiger partial charge in [-0.25, -0.2) is 0 Å². The first-order valence-electron chi connectivity index (χ1n) is 7.24. The molecule has 1 aliphatic carbocycles. The van der Waals surface area contributed by atoms with Gasteiger partial charge in [0, 0.05) is 12.5 Å². The van der Waals surface area contributed by atoms with Crippen LogP contribution in [-0.4, -0.2) is 34.8 Å². The maximum absolute atomic E-state index is 12.6. The second kappa shape index (κ2) is 4.93. The van der Waals surface area contributed by atoms with Gasteiger partial charge in [-0.1, -0.05) is 37.3 Å². The molecule has 4 atom stereocenters. The Morgan fingerprint density at radius 3 is 2.45 bits per heavy atom. The summed E-state index contributed by atoms with van der Waals surface area (Å²) in [6, 6.07) is 9.32. The smallest absolute Gasteiger partial charge is 0.246 e. The van der Waals surface area contributed by atoms with Crippen molar-refractivity contribution in [1.82, 2.24) is 10.2 Å². The molecule has 0 bridgehead atoms. The van der Waals surface area contributed by atoms with Crippen molar-refractivity contribution in [3.8, 4) is 0 Å². The molecule has 1 N–H and O–H groups in total. The van der Waals surface area contributed by atoms with E-state index < -0.39 is 6.04 Å². The van der Waals surface area contributed by atoms with Crippen LogP contribution in [0.1, 0.15) is 25.8 Å². The molecule has 1 aliphatic heterocycles. The zero-order valence-corrected chi connectivity index (χ0v) is 11.9. The van der Waals surface area contributed by atoms with Crippen molar-refractivity contribution >= 4 is 11.8 Å². The van der Waals surface area contributed by atoms with Gasteiger partial charge in [-0.2, -0.15) is 0 Å². The Morgan fingerprint density at radius 1 is 1.20 bits per heavy atom. The van der Waals surface area contributed by atoms with Crippen LogP contribution >= 0.6 is 0 Å². The molecule has 0 spiro atoms. The molecule has 4 heteroatoms. The number of piperazine rings is 1. The molecule has 1 aromatic carbocycles. The number of nitrogens with zero attached hydrogens (tertiary/aromatic N) is 1. The second-order valence-electron chi connectivity index (χ2n) is 5.95. The average molecular weight is 272 g/mol. The molecule has 1 heterocycles. The van der Waals surface area contributed by atoms with Gasteiger partial charge in [-0.3, -0.25) is 9.59 Å². The molecule has 0 radical (unpaired) electrons. The van der Waals surface area contributed by atoms with Gasteiger partial charge in [0.25, 0.3) is 0 Å². The first-order chi connectivity index (χ1) is 9.58. The minimum Gasteiger partial charge on any atom is -0.342 e. The number of hydrogen-bond acceptors (Lipinski definition) is 2. The van der Waals surface area contributed by atoms with E-state index in [9.17, 15) is 9.59 Å². The van der Waals surface area contributed by atoms with Crippen molar-refractivity contribution in [2.24, 2.45) is 5.92 Å². The standard InChI is InChI=1S/C16H20N2O2/c1-10-8-14(10)18-11(2)15(19)17-13(16(18)20)9-12-6-4-3-5-7-12/h3-7,10-11,13-14H,8-9H2,1-2H3,(H,17,19). The minimum absolute atomic E-state index is 0.0374. The molecule has 1 saturated carbocycles. The summed E-state index contributed by atoms with van der Waals surface area (Å²) >= 11 is 0. The van der Waals surface area contributed by atoms with Crippen LogP contribution in [0.4, 0.5) is 0 Å². The van der Waals surface area contributed by atoms with E-state index in [1.807, 2.05) is 37.3 Å². The van der Waals surface area contributed by atoms with Crippen LogP contribution in [0.3, 0.4) is 0 Å². The minimum atomic E-state index is -0.422. The highest BCUT2D eigenvalue weighted by atomic mass is 16.2. The fourth-order valence-corrected chi connectivity index (χ4v) is 2.98. The van der Waals surface area contributed by atoms with Gasteiger partial charge >= 0.3 is 0 Å². The zero-order chi connectivity index (χ0) is 14.3. The van der Waals surface area contributed by atoms with E-state index in [1.54, 1.807) is 4.90 Å². The summed E-state index contributed by atoms with van der Waals surface area (Å²) < 4.78 is 0. The van der Waals surface area contributed by atoms with Crippen LogP contribution in [0.15, 0.2) is 30.3 Å². The Morgan fingerprint density at radius 2 is 1.85 bits per heavy atom. The largest absolute Gasteiger partial charge is 0.342 e. The summed E-state index contributed by atoms with van der Waals surface area (Å²) in [6.07, 6.45) is 1.58. The third kappa shape index (κ3) is 2.30. The molecule has 4 unspecified atom stereocenters. The van der Waals surface area contributed by atoms with E-state index in [-0.39, 0.29) is 23.9 Å². The summed E-state index contributed by atoms with van der Waals surface area (Å²) in [5.41, 5.74) is 1.07. The quantitative estimate of drug-likeness (QED) is 0.903. The van der Waals surface area contributed by atoms with Crippen molar-refractivity contribution in [2.75, 3.05) is 0 Å². The fraction of sp³-hybridized carbons (Fsp3) is 0.500. The van der Waals surface area contributed by atoms with Crippen molar-refractivity contribution in [3.63, 3.8) is 0 Å². The third-order valence-corrected chi connectivity index (χ3v) is 4.37. The van der Waals surface area contributed by atoms with Crippen molar-refractivity contribution in [1.29, 1.82) is 0 Å². The number of carbonyl (C=O) groups is 2. The van der Waals surface area contributed by atoms with E-state index in [2.05, 4.69) is 12.2 Å². The van der Waals surface area contributed by atoms with E-state index >= 15 is 0 Å². The molecule has 2 fully saturated rings. The monoisotopic (exact) mass is 272 g/mol. The van der Waals surface area contributed by atoms with Crippen molar-refractivity contribution in [3.05, 3.63) is 35.9 Å². The van der Waals surface area contributed by atoms with Gasteiger partial charge in [0.2, 0.25) is 11.8 Å². The van der Waals surface area contributed by atoms with E-state index in [1.165, 1.54) is 0 Å². The van der Waals surface area contributed by atoms with Crippen molar-refractivity contribution < 1.29 is 9.59 Å². The highest BCUT2D eigenvalue weighted by molar-refractivity contribution is 5.97. The topological polar surface area (TPSA) is 49.4 Å². The summed E-state index contributed by atoms with van der Waals surface area (Å²) in [6.45, 7) is 3.94. The Balaban J connectivity index is 1.78. The molecule has 0 aromatic heterocycles. The van der Waals surface area contributed by atoms with Gasteiger partial charge in [-0.05, 0) is 24.8 Å². The lowest BCUT2D eigenvalue weighted by Crippen LogP contribution is -2.63. The Bertz CT molecular complexity index is 529. The molecular weight excluding hydrogens is 252 g/mol. The van der Waals surface area contributed by atoms with E-state index in [4.69, 9.17) is 0 Å². The van der Waals surface area contributed by atoms with Crippen molar-refractivity contribution in [2.45, 2.75) is 44.8 Å². The number of amides is 2. The summed E-state index contributed by atoms with van der Waals surface area (Å²) in [7, 11) is 0. The molecule has 106 valence electrons. The molecular formula is C16H20N2O2. The maximum atomic E-state index is 12.6. The highest BCUT2D eigenvalue weighted by Crippen LogP contribution is 2.37. The normalized spacial score (nSPS) is 33.0. The Kier molecular flexibility index (Phi) is 3.24. The van der Waals surface area contributed by atoms with Crippen LogP contribution in [0.5, 0.6) is 0 Å². The summed E-state index contributed by atoms with van der Waals surface area (Å²) in [5.74, 6) is 0.546. The molecule has 3 rings (SSSR count). The van der Waals surface area contributed by atoms with Gasteiger partial charge in [0.05, 0.1) is 0 Å². The molecule has 20 heavy (non-hydrogen) atoms. The lowest BCUT2D eigenvalue weighted by atomic mass is 10.0. The van der Waals surface area contributed by atoms with Gasteiger partial charge in [0.15, 0.2) is 0 Å². The van der Waals surface area contributed by atoms with Crippen LogP contribution in [0.25, 0.3) is 0 Å². The number of benzene rings is 1. The number of rotatable bonds is 3. The highest BCUT2D eigenvalue weighted by Gasteiger charge is 2.48. The lowest BCUT2D eigenvalue weighted by Gasteiger charge is -2.38. The molecule has 1 aromatic rings. The second-order valence-corrected chi connectivity index (χ2v) is 5.95. The average Bonchev–Trinajstić information content (AvgIpc) is 3.14. The molecule has 4 nitrogen and oxygen atoms in total. The Hall–Kier alpha value is -1.84. The predicted molar refractivity (Wildman–Crippen MR) is 76.0 cm³/mol. The van der Waals surface area contributed by atoms with Gasteiger partial charge < -0.3 is 10.2 Å². The van der Waals surface area contributed by atoms with Gasteiger partial charge in [0.1, 0.15) is 12.1 Å².